The van der Waals surface area contributed by atoms with E-state index in [1.54, 1.807) is 4.90 Å². The molecule has 1 atom stereocenters. The molecule has 2 aromatic rings. The molecule has 0 saturated carbocycles. The van der Waals surface area contributed by atoms with E-state index in [-0.39, 0.29) is 11.8 Å². The van der Waals surface area contributed by atoms with Gasteiger partial charge in [0.15, 0.2) is 0 Å². The Morgan fingerprint density at radius 2 is 1.75 bits per heavy atom. The summed E-state index contributed by atoms with van der Waals surface area (Å²) in [6, 6.07) is 13.7. The summed E-state index contributed by atoms with van der Waals surface area (Å²) in [4.78, 5) is 27.5. The number of carbonyl (C=O) groups is 2. The number of rotatable bonds is 8. The number of hydrogen-bond donors (Lipinski definition) is 1. The van der Waals surface area contributed by atoms with E-state index in [0.29, 0.717) is 19.5 Å². The van der Waals surface area contributed by atoms with E-state index in [0.717, 1.165) is 34.2 Å². The third-order valence-electron chi connectivity index (χ3n) is 5.00. The van der Waals surface area contributed by atoms with Gasteiger partial charge in [0.2, 0.25) is 11.8 Å². The maximum atomic E-state index is 13.2. The minimum absolute atomic E-state index is 0.0330. The van der Waals surface area contributed by atoms with Crippen molar-refractivity contribution < 1.29 is 9.59 Å². The summed E-state index contributed by atoms with van der Waals surface area (Å²) >= 11 is 0. The van der Waals surface area contributed by atoms with E-state index in [9.17, 15) is 9.59 Å². The summed E-state index contributed by atoms with van der Waals surface area (Å²) in [6.45, 7) is 10.9. The topological polar surface area (TPSA) is 49.4 Å². The lowest BCUT2D eigenvalue weighted by Crippen LogP contribution is -2.48. The smallest absolute Gasteiger partial charge is 0.242 e. The van der Waals surface area contributed by atoms with Crippen LogP contribution in [0.5, 0.6) is 0 Å². The normalized spacial score (nSPS) is 11.8. The Labute approximate surface area is 169 Å². The molecule has 2 rings (SSSR count). The van der Waals surface area contributed by atoms with Gasteiger partial charge in [-0.2, -0.15) is 0 Å². The van der Waals surface area contributed by atoms with Crippen LogP contribution in [0, 0.1) is 20.8 Å². The predicted octanol–water partition coefficient (Wildman–Crippen LogP) is 4.10. The molecule has 0 bridgehead atoms. The molecule has 28 heavy (non-hydrogen) atoms. The van der Waals surface area contributed by atoms with Crippen molar-refractivity contribution in [3.63, 3.8) is 0 Å². The molecule has 0 radical (unpaired) electrons. The highest BCUT2D eigenvalue weighted by atomic mass is 16.2. The second kappa shape index (κ2) is 10.1. The van der Waals surface area contributed by atoms with Gasteiger partial charge in [-0.25, -0.2) is 0 Å². The van der Waals surface area contributed by atoms with Crippen LogP contribution in [0.3, 0.4) is 0 Å². The van der Waals surface area contributed by atoms with Crippen molar-refractivity contribution >= 4 is 11.8 Å². The molecule has 0 fully saturated rings. The Bertz CT molecular complexity index is 829. The van der Waals surface area contributed by atoms with Crippen LogP contribution in [0.15, 0.2) is 42.5 Å². The molecule has 1 N–H and O–H groups in total. The average molecular weight is 381 g/mol. The molecule has 4 heteroatoms. The van der Waals surface area contributed by atoms with E-state index in [4.69, 9.17) is 0 Å². The average Bonchev–Trinajstić information content (AvgIpc) is 2.66. The first-order valence-electron chi connectivity index (χ1n) is 10.0. The molecule has 0 aliphatic carbocycles. The van der Waals surface area contributed by atoms with Crippen LogP contribution >= 0.6 is 0 Å². The Kier molecular flexibility index (Phi) is 7.80. The highest BCUT2D eigenvalue weighted by Crippen LogP contribution is 2.16. The minimum Gasteiger partial charge on any atom is -0.354 e. The third-order valence-corrected chi connectivity index (χ3v) is 5.00. The van der Waals surface area contributed by atoms with Crippen molar-refractivity contribution in [1.29, 1.82) is 0 Å². The molecular weight excluding hydrogens is 348 g/mol. The number of carbonyl (C=O) groups excluding carboxylic acids is 2. The number of aryl methyl sites for hydroxylation is 3. The molecule has 0 aliphatic rings. The molecule has 0 aliphatic heterocycles. The fourth-order valence-electron chi connectivity index (χ4n) is 3.24. The quantitative estimate of drug-likeness (QED) is 0.750. The van der Waals surface area contributed by atoms with E-state index < -0.39 is 6.04 Å². The number of benzene rings is 2. The lowest BCUT2D eigenvalue weighted by atomic mass is 10.0. The monoisotopic (exact) mass is 380 g/mol. The molecule has 2 amide bonds. The summed E-state index contributed by atoms with van der Waals surface area (Å²) in [5.41, 5.74) is 5.41. The maximum absolute atomic E-state index is 13.2. The van der Waals surface area contributed by atoms with Gasteiger partial charge in [-0.1, -0.05) is 60.5 Å². The highest BCUT2D eigenvalue weighted by Gasteiger charge is 2.26. The molecule has 0 unspecified atom stereocenters. The molecule has 0 saturated heterocycles. The molecule has 0 spiro atoms. The van der Waals surface area contributed by atoms with Crippen molar-refractivity contribution in [1.82, 2.24) is 10.2 Å². The molecule has 0 aromatic heterocycles. The zero-order valence-corrected chi connectivity index (χ0v) is 17.7. The molecule has 2 aromatic carbocycles. The van der Waals surface area contributed by atoms with Crippen molar-refractivity contribution in [2.75, 3.05) is 6.54 Å². The van der Waals surface area contributed by atoms with Crippen LogP contribution in [0.1, 0.15) is 48.1 Å². The standard InChI is InChI=1S/C24H32N2O2/c1-6-12-25-24(28)20(5)26(16-21-9-7-8-17(2)13-21)23(27)15-22-14-18(3)10-11-19(22)4/h7-11,13-14,20H,6,12,15-16H2,1-5H3,(H,25,28)/t20-/m1/s1. The van der Waals surface area contributed by atoms with E-state index in [1.165, 1.54) is 0 Å². The highest BCUT2D eigenvalue weighted by molar-refractivity contribution is 5.88. The van der Waals surface area contributed by atoms with Crippen LogP contribution in [-0.2, 0) is 22.6 Å². The van der Waals surface area contributed by atoms with Crippen LogP contribution in [0.4, 0.5) is 0 Å². The summed E-state index contributed by atoms with van der Waals surface area (Å²) in [7, 11) is 0. The van der Waals surface area contributed by atoms with Gasteiger partial charge in [-0.05, 0) is 50.8 Å². The second-order valence-corrected chi connectivity index (χ2v) is 7.58. The Hall–Kier alpha value is -2.62. The maximum Gasteiger partial charge on any atom is 0.242 e. The van der Waals surface area contributed by atoms with Gasteiger partial charge in [0.05, 0.1) is 6.42 Å². The van der Waals surface area contributed by atoms with Crippen molar-refractivity contribution in [2.45, 2.75) is 60.0 Å². The van der Waals surface area contributed by atoms with Crippen LogP contribution < -0.4 is 5.32 Å². The van der Waals surface area contributed by atoms with Crippen LogP contribution in [0.2, 0.25) is 0 Å². The first-order chi connectivity index (χ1) is 13.3. The number of amides is 2. The summed E-state index contributed by atoms with van der Waals surface area (Å²) < 4.78 is 0. The van der Waals surface area contributed by atoms with Gasteiger partial charge in [0.1, 0.15) is 6.04 Å². The zero-order valence-electron chi connectivity index (χ0n) is 17.7. The Morgan fingerprint density at radius 3 is 2.43 bits per heavy atom. The first-order valence-corrected chi connectivity index (χ1v) is 10.0. The Balaban J connectivity index is 2.26. The third kappa shape index (κ3) is 5.95. The predicted molar refractivity (Wildman–Crippen MR) is 114 cm³/mol. The van der Waals surface area contributed by atoms with Gasteiger partial charge in [0, 0.05) is 13.1 Å². The van der Waals surface area contributed by atoms with Crippen molar-refractivity contribution in [2.24, 2.45) is 0 Å². The first kappa shape index (κ1) is 21.7. The fourth-order valence-corrected chi connectivity index (χ4v) is 3.24. The summed E-state index contributed by atoms with van der Waals surface area (Å²) in [5.74, 6) is -0.141. The number of hydrogen-bond acceptors (Lipinski definition) is 2. The Morgan fingerprint density at radius 1 is 1.04 bits per heavy atom. The van der Waals surface area contributed by atoms with Crippen molar-refractivity contribution in [3.05, 3.63) is 70.3 Å². The van der Waals surface area contributed by atoms with Gasteiger partial charge >= 0.3 is 0 Å². The van der Waals surface area contributed by atoms with Crippen LogP contribution in [0.25, 0.3) is 0 Å². The fraction of sp³-hybridized carbons (Fsp3) is 0.417. The lowest BCUT2D eigenvalue weighted by Gasteiger charge is -2.29. The molecule has 0 heterocycles. The van der Waals surface area contributed by atoms with E-state index >= 15 is 0 Å². The summed E-state index contributed by atoms with van der Waals surface area (Å²) in [6.07, 6.45) is 1.16. The number of nitrogens with one attached hydrogen (secondary N) is 1. The minimum atomic E-state index is -0.523. The number of nitrogens with zero attached hydrogens (tertiary/aromatic N) is 1. The van der Waals surface area contributed by atoms with Gasteiger partial charge in [0.25, 0.3) is 0 Å². The summed E-state index contributed by atoms with van der Waals surface area (Å²) in [5, 5.41) is 2.92. The SMILES string of the molecule is CCCNC(=O)[C@@H](C)N(Cc1cccc(C)c1)C(=O)Cc1cc(C)ccc1C. The lowest BCUT2D eigenvalue weighted by molar-refractivity contribution is -0.140. The van der Waals surface area contributed by atoms with E-state index in [1.807, 2.05) is 58.9 Å². The van der Waals surface area contributed by atoms with E-state index in [2.05, 4.69) is 23.5 Å². The van der Waals surface area contributed by atoms with Crippen LogP contribution in [-0.4, -0.2) is 29.3 Å². The van der Waals surface area contributed by atoms with Gasteiger partial charge in [-0.3, -0.25) is 9.59 Å². The second-order valence-electron chi connectivity index (χ2n) is 7.58. The molecular formula is C24H32N2O2. The molecule has 150 valence electrons. The van der Waals surface area contributed by atoms with Crippen molar-refractivity contribution in [3.8, 4) is 0 Å². The molecule has 4 nitrogen and oxygen atoms in total. The van der Waals surface area contributed by atoms with Gasteiger partial charge in [-0.15, -0.1) is 0 Å². The zero-order chi connectivity index (χ0) is 20.7. The largest absolute Gasteiger partial charge is 0.354 e. The van der Waals surface area contributed by atoms with Gasteiger partial charge < -0.3 is 10.2 Å².